The van der Waals surface area contributed by atoms with Gasteiger partial charge < -0.3 is 15.8 Å². The van der Waals surface area contributed by atoms with Crippen LogP contribution in [0.25, 0.3) is 0 Å². The van der Waals surface area contributed by atoms with Gasteiger partial charge >= 0.3 is 0 Å². The van der Waals surface area contributed by atoms with Crippen molar-refractivity contribution in [3.63, 3.8) is 0 Å². The normalized spacial score (nSPS) is 25.8. The molecule has 2 bridgehead atoms. The summed E-state index contributed by atoms with van der Waals surface area (Å²) in [5.74, 6) is 1.94. The van der Waals surface area contributed by atoms with Crippen molar-refractivity contribution in [1.82, 2.24) is 4.98 Å². The van der Waals surface area contributed by atoms with E-state index < -0.39 is 0 Å². The fraction of sp³-hybridized carbons (Fsp3) is 0.500. The van der Waals surface area contributed by atoms with E-state index in [4.69, 9.17) is 10.5 Å². The van der Waals surface area contributed by atoms with Crippen molar-refractivity contribution in [2.75, 3.05) is 5.32 Å². The van der Waals surface area contributed by atoms with Gasteiger partial charge in [0, 0.05) is 29.1 Å². The number of nitrogens with zero attached hydrogens (tertiary/aromatic N) is 1. The molecule has 5 nitrogen and oxygen atoms in total. The number of thiazole rings is 1. The monoisotopic (exact) mass is 443 g/mol. The Morgan fingerprint density at radius 2 is 2.00 bits per heavy atom. The number of carbonyl (C=O) groups is 1. The predicted octanol–water partition coefficient (Wildman–Crippen LogP) is 4.66. The zero-order chi connectivity index (χ0) is 17.9. The largest absolute Gasteiger partial charge is 0.487 e. The van der Waals surface area contributed by atoms with Gasteiger partial charge in [-0.2, -0.15) is 0 Å². The van der Waals surface area contributed by atoms with Crippen LogP contribution in [-0.2, 0) is 11.4 Å². The number of fused-ring (bicyclic) bond motifs is 2. The number of halogens is 2. The first-order valence-corrected chi connectivity index (χ1v) is 10.3. The Labute approximate surface area is 182 Å². The lowest BCUT2D eigenvalue weighted by Gasteiger charge is -2.43. The SMILES string of the molecule is Cl.Cl.NC1C2CCCC1CC(C(=O)Nc1cccc(OCc3cscn3)c1)C2. The Balaban J connectivity index is 0.00000140. The number of ether oxygens (including phenoxy) is 1. The molecular formula is C20H27Cl2N3O2S. The van der Waals surface area contributed by atoms with Crippen LogP contribution in [0.1, 0.15) is 37.8 Å². The molecule has 154 valence electrons. The Morgan fingerprint density at radius 1 is 1.25 bits per heavy atom. The predicted molar refractivity (Wildman–Crippen MR) is 118 cm³/mol. The lowest BCUT2D eigenvalue weighted by atomic mass is 9.65. The molecule has 2 saturated carbocycles. The molecule has 1 heterocycles. The van der Waals surface area contributed by atoms with E-state index >= 15 is 0 Å². The molecule has 2 unspecified atom stereocenters. The highest BCUT2D eigenvalue weighted by Gasteiger charge is 2.40. The van der Waals surface area contributed by atoms with Gasteiger partial charge in [-0.05, 0) is 49.7 Å². The highest BCUT2D eigenvalue weighted by Crippen LogP contribution is 2.42. The summed E-state index contributed by atoms with van der Waals surface area (Å²) < 4.78 is 5.77. The van der Waals surface area contributed by atoms with E-state index in [1.165, 1.54) is 19.3 Å². The highest BCUT2D eigenvalue weighted by atomic mass is 35.5. The van der Waals surface area contributed by atoms with Gasteiger partial charge in [0.25, 0.3) is 0 Å². The number of rotatable bonds is 5. The highest BCUT2D eigenvalue weighted by molar-refractivity contribution is 7.07. The minimum Gasteiger partial charge on any atom is -0.487 e. The van der Waals surface area contributed by atoms with Gasteiger partial charge in [0.1, 0.15) is 12.4 Å². The molecule has 0 saturated heterocycles. The molecule has 2 aromatic rings. The van der Waals surface area contributed by atoms with Crippen LogP contribution in [-0.4, -0.2) is 16.9 Å². The number of anilines is 1. The molecule has 1 aromatic carbocycles. The van der Waals surface area contributed by atoms with E-state index in [1.54, 1.807) is 16.8 Å². The van der Waals surface area contributed by atoms with Crippen molar-refractivity contribution in [3.8, 4) is 5.75 Å². The summed E-state index contributed by atoms with van der Waals surface area (Å²) in [7, 11) is 0. The van der Waals surface area contributed by atoms with E-state index in [2.05, 4.69) is 10.3 Å². The van der Waals surface area contributed by atoms with Crippen molar-refractivity contribution < 1.29 is 9.53 Å². The molecule has 1 aromatic heterocycles. The Bertz CT molecular complexity index is 746. The maximum absolute atomic E-state index is 12.8. The fourth-order valence-corrected chi connectivity index (χ4v) is 4.92. The first kappa shape index (κ1) is 22.9. The van der Waals surface area contributed by atoms with Crippen LogP contribution < -0.4 is 15.8 Å². The summed E-state index contributed by atoms with van der Waals surface area (Å²) in [4.78, 5) is 17.0. The number of carbonyl (C=O) groups excluding carboxylic acids is 1. The second kappa shape index (κ2) is 10.4. The summed E-state index contributed by atoms with van der Waals surface area (Å²) in [6, 6.07) is 7.86. The van der Waals surface area contributed by atoms with Gasteiger partial charge in [-0.15, -0.1) is 36.2 Å². The van der Waals surface area contributed by atoms with Crippen LogP contribution in [0.4, 0.5) is 5.69 Å². The van der Waals surface area contributed by atoms with E-state index in [0.29, 0.717) is 18.4 Å². The van der Waals surface area contributed by atoms with E-state index in [-0.39, 0.29) is 42.7 Å². The average Bonchev–Trinajstić information content (AvgIpc) is 3.13. The minimum absolute atomic E-state index is 0. The van der Waals surface area contributed by atoms with Gasteiger partial charge in [-0.1, -0.05) is 12.5 Å². The van der Waals surface area contributed by atoms with Crippen molar-refractivity contribution >= 4 is 47.7 Å². The van der Waals surface area contributed by atoms with E-state index in [9.17, 15) is 4.79 Å². The van der Waals surface area contributed by atoms with Crippen molar-refractivity contribution in [1.29, 1.82) is 0 Å². The first-order chi connectivity index (χ1) is 12.7. The number of hydrogen-bond acceptors (Lipinski definition) is 5. The van der Waals surface area contributed by atoms with Crippen LogP contribution in [0.3, 0.4) is 0 Å². The molecule has 8 heteroatoms. The van der Waals surface area contributed by atoms with Gasteiger partial charge in [-0.25, -0.2) is 4.98 Å². The Morgan fingerprint density at radius 3 is 2.68 bits per heavy atom. The van der Waals surface area contributed by atoms with Gasteiger partial charge in [0.05, 0.1) is 11.2 Å². The van der Waals surface area contributed by atoms with E-state index in [0.717, 1.165) is 30.0 Å². The molecule has 0 spiro atoms. The molecule has 2 aliphatic rings. The number of hydrogen-bond donors (Lipinski definition) is 2. The van der Waals surface area contributed by atoms with Crippen LogP contribution in [0.5, 0.6) is 5.75 Å². The quantitative estimate of drug-likeness (QED) is 0.704. The van der Waals surface area contributed by atoms with Gasteiger partial charge in [0.15, 0.2) is 0 Å². The number of benzene rings is 1. The van der Waals surface area contributed by atoms with Gasteiger partial charge in [-0.3, -0.25) is 4.79 Å². The molecule has 4 rings (SSSR count). The summed E-state index contributed by atoms with van der Waals surface area (Å²) in [6.07, 6.45) is 5.44. The second-order valence-corrected chi connectivity index (χ2v) is 8.20. The van der Waals surface area contributed by atoms with Crippen molar-refractivity contribution in [2.45, 2.75) is 44.8 Å². The van der Waals surface area contributed by atoms with Gasteiger partial charge in [0.2, 0.25) is 5.91 Å². The third kappa shape index (κ3) is 5.38. The Kier molecular flexibility index (Phi) is 8.56. The van der Waals surface area contributed by atoms with Crippen LogP contribution in [0.2, 0.25) is 0 Å². The van der Waals surface area contributed by atoms with Crippen LogP contribution in [0.15, 0.2) is 35.2 Å². The zero-order valence-electron chi connectivity index (χ0n) is 15.6. The van der Waals surface area contributed by atoms with Crippen molar-refractivity contribution in [3.05, 3.63) is 40.8 Å². The molecule has 0 radical (unpaired) electrons. The Hall–Kier alpha value is -1.34. The third-order valence-electron chi connectivity index (χ3n) is 5.76. The standard InChI is InChI=1S/C20H25N3O2S.2ClH/c21-19-13-3-1-4-14(19)8-15(7-13)20(24)23-16-5-2-6-18(9-16)25-10-17-11-26-12-22-17;;/h2,5-6,9,11-15,19H,1,3-4,7-8,10,21H2,(H,23,24);2*1H. The van der Waals surface area contributed by atoms with Crippen LogP contribution in [0, 0.1) is 17.8 Å². The topological polar surface area (TPSA) is 77.2 Å². The number of aromatic nitrogens is 1. The maximum Gasteiger partial charge on any atom is 0.227 e. The number of nitrogens with one attached hydrogen (secondary N) is 1. The minimum atomic E-state index is 0. The van der Waals surface area contributed by atoms with E-state index in [1.807, 2.05) is 29.6 Å². The second-order valence-electron chi connectivity index (χ2n) is 7.48. The molecule has 2 fully saturated rings. The third-order valence-corrected chi connectivity index (χ3v) is 6.39. The number of amides is 1. The van der Waals surface area contributed by atoms with Crippen molar-refractivity contribution in [2.24, 2.45) is 23.5 Å². The summed E-state index contributed by atoms with van der Waals surface area (Å²) in [6.45, 7) is 0.435. The van der Waals surface area contributed by atoms with Crippen LogP contribution >= 0.6 is 36.2 Å². The lowest BCUT2D eigenvalue weighted by molar-refractivity contribution is -0.122. The molecule has 0 aliphatic heterocycles. The first-order valence-electron chi connectivity index (χ1n) is 9.35. The molecule has 3 N–H and O–H groups in total. The smallest absolute Gasteiger partial charge is 0.227 e. The summed E-state index contributed by atoms with van der Waals surface area (Å²) >= 11 is 1.55. The molecular weight excluding hydrogens is 417 g/mol. The molecule has 28 heavy (non-hydrogen) atoms. The molecule has 2 aliphatic carbocycles. The number of nitrogens with two attached hydrogens (primary N) is 1. The summed E-state index contributed by atoms with van der Waals surface area (Å²) in [5, 5.41) is 5.04. The fourth-order valence-electron chi connectivity index (χ4n) is 4.38. The summed E-state index contributed by atoms with van der Waals surface area (Å²) in [5.41, 5.74) is 9.83. The molecule has 2 atom stereocenters. The average molecular weight is 444 g/mol. The maximum atomic E-state index is 12.8. The molecule has 1 amide bonds. The lowest BCUT2D eigenvalue weighted by Crippen LogP contribution is -2.48. The zero-order valence-corrected chi connectivity index (χ0v) is 18.0.